The van der Waals surface area contributed by atoms with Crippen molar-refractivity contribution in [2.24, 2.45) is 0 Å². The molecule has 6 heteroatoms. The molecule has 5 nitrogen and oxygen atoms in total. The van der Waals surface area contributed by atoms with Crippen molar-refractivity contribution in [2.45, 2.75) is 6.04 Å². The molecule has 0 bridgehead atoms. The maximum atomic E-state index is 13.1. The topological polar surface area (TPSA) is 62.6 Å². The van der Waals surface area contributed by atoms with Crippen LogP contribution >= 0.6 is 11.6 Å². The summed E-state index contributed by atoms with van der Waals surface area (Å²) in [5.74, 6) is -0.442. The van der Waals surface area contributed by atoms with E-state index in [1.54, 1.807) is 30.3 Å². The van der Waals surface area contributed by atoms with Gasteiger partial charge in [0.2, 0.25) is 5.91 Å². The molecule has 26 heavy (non-hydrogen) atoms. The molecular weight excluding hydrogens is 352 g/mol. The van der Waals surface area contributed by atoms with Crippen LogP contribution in [-0.4, -0.2) is 23.3 Å². The van der Waals surface area contributed by atoms with Crippen molar-refractivity contribution >= 4 is 29.1 Å². The molecule has 4 rings (SSSR count). The molecule has 0 spiro atoms. The van der Waals surface area contributed by atoms with E-state index in [9.17, 15) is 9.59 Å². The second kappa shape index (κ2) is 6.69. The summed E-state index contributed by atoms with van der Waals surface area (Å²) in [4.78, 5) is 27.0. The molecule has 0 fully saturated rings. The summed E-state index contributed by atoms with van der Waals surface area (Å²) in [6.07, 6.45) is 1.44. The third kappa shape index (κ3) is 2.97. The van der Waals surface area contributed by atoms with E-state index in [4.69, 9.17) is 16.0 Å². The van der Waals surface area contributed by atoms with Crippen LogP contribution in [-0.2, 0) is 4.79 Å². The van der Waals surface area contributed by atoms with Crippen LogP contribution in [0.15, 0.2) is 71.3 Å². The fourth-order valence-electron chi connectivity index (χ4n) is 3.20. The van der Waals surface area contributed by atoms with Gasteiger partial charge < -0.3 is 14.6 Å². The lowest BCUT2D eigenvalue weighted by Gasteiger charge is -2.30. The molecule has 1 aliphatic rings. The van der Waals surface area contributed by atoms with Crippen molar-refractivity contribution in [1.82, 2.24) is 4.90 Å². The highest BCUT2D eigenvalue weighted by Crippen LogP contribution is 2.37. The molecule has 2 heterocycles. The first-order valence-electron chi connectivity index (χ1n) is 8.12. The number of carbonyl (C=O) groups is 2. The average molecular weight is 367 g/mol. The van der Waals surface area contributed by atoms with Gasteiger partial charge in [-0.1, -0.05) is 41.9 Å². The molecular formula is C20H15ClN2O3. The number of benzene rings is 2. The van der Waals surface area contributed by atoms with Gasteiger partial charge in [0.05, 0.1) is 12.3 Å². The van der Waals surface area contributed by atoms with Gasteiger partial charge in [0.15, 0.2) is 5.76 Å². The van der Waals surface area contributed by atoms with Crippen molar-refractivity contribution < 1.29 is 14.0 Å². The van der Waals surface area contributed by atoms with Crippen molar-refractivity contribution in [2.75, 3.05) is 11.9 Å². The van der Waals surface area contributed by atoms with Crippen LogP contribution in [0, 0.1) is 0 Å². The van der Waals surface area contributed by atoms with Crippen LogP contribution in [0.5, 0.6) is 0 Å². The maximum Gasteiger partial charge on any atom is 0.290 e. The minimum atomic E-state index is -0.471. The number of carbonyl (C=O) groups excluding carboxylic acids is 2. The molecule has 2 amide bonds. The second-order valence-corrected chi connectivity index (χ2v) is 6.44. The Labute approximate surface area is 155 Å². The van der Waals surface area contributed by atoms with E-state index in [1.807, 2.05) is 30.3 Å². The minimum absolute atomic E-state index is 0.0919. The quantitative estimate of drug-likeness (QED) is 0.742. The molecule has 1 N–H and O–H groups in total. The average Bonchev–Trinajstić information content (AvgIpc) is 3.13. The van der Waals surface area contributed by atoms with Crippen molar-refractivity contribution in [3.63, 3.8) is 0 Å². The number of halogens is 1. The summed E-state index contributed by atoms with van der Waals surface area (Å²) in [6, 6.07) is 17.6. The standard InChI is InChI=1S/C20H15ClN2O3/c21-14-8-9-16-15(11-14)19(13-5-2-1-3-6-13)23(12-18(24)22-16)20(25)17-7-4-10-26-17/h1-11,19H,12H2,(H,22,24)/t19-/m0/s1. The highest BCUT2D eigenvalue weighted by molar-refractivity contribution is 6.30. The molecule has 0 unspecified atom stereocenters. The largest absolute Gasteiger partial charge is 0.459 e. The van der Waals surface area contributed by atoms with Gasteiger partial charge in [-0.05, 0) is 35.9 Å². The number of hydrogen-bond acceptors (Lipinski definition) is 3. The summed E-state index contributed by atoms with van der Waals surface area (Å²) >= 11 is 6.21. The number of amides is 2. The Bertz CT molecular complexity index is 954. The van der Waals surface area contributed by atoms with Crippen LogP contribution < -0.4 is 5.32 Å². The van der Waals surface area contributed by atoms with Gasteiger partial charge in [0.1, 0.15) is 6.54 Å². The van der Waals surface area contributed by atoms with Crippen molar-refractivity contribution in [3.05, 3.63) is 88.8 Å². The lowest BCUT2D eigenvalue weighted by molar-refractivity contribution is -0.117. The Balaban J connectivity index is 1.90. The first kappa shape index (κ1) is 16.4. The summed E-state index contributed by atoms with van der Waals surface area (Å²) < 4.78 is 5.27. The number of hydrogen-bond donors (Lipinski definition) is 1. The molecule has 1 aliphatic heterocycles. The zero-order valence-corrected chi connectivity index (χ0v) is 14.4. The summed E-state index contributed by atoms with van der Waals surface area (Å²) in [6.45, 7) is -0.0919. The number of nitrogens with one attached hydrogen (secondary N) is 1. The van der Waals surface area contributed by atoms with Crippen LogP contribution in [0.3, 0.4) is 0 Å². The molecule has 2 aromatic carbocycles. The first-order chi connectivity index (χ1) is 12.6. The van der Waals surface area contributed by atoms with E-state index in [0.717, 1.165) is 11.1 Å². The van der Waals surface area contributed by atoms with E-state index in [0.29, 0.717) is 10.7 Å². The summed E-state index contributed by atoms with van der Waals surface area (Å²) in [7, 11) is 0. The number of fused-ring (bicyclic) bond motifs is 1. The van der Waals surface area contributed by atoms with E-state index in [-0.39, 0.29) is 24.1 Å². The molecule has 130 valence electrons. The lowest BCUT2D eigenvalue weighted by Crippen LogP contribution is -2.38. The second-order valence-electron chi connectivity index (χ2n) is 6.00. The lowest BCUT2D eigenvalue weighted by atomic mass is 9.95. The molecule has 1 aromatic heterocycles. The minimum Gasteiger partial charge on any atom is -0.459 e. The highest BCUT2D eigenvalue weighted by atomic mass is 35.5. The van der Waals surface area contributed by atoms with Gasteiger partial charge in [0, 0.05) is 16.3 Å². The van der Waals surface area contributed by atoms with Crippen LogP contribution in [0.4, 0.5) is 5.69 Å². The maximum absolute atomic E-state index is 13.1. The molecule has 0 saturated heterocycles. The zero-order valence-electron chi connectivity index (χ0n) is 13.7. The van der Waals surface area contributed by atoms with Crippen LogP contribution in [0.1, 0.15) is 27.7 Å². The summed E-state index contributed by atoms with van der Waals surface area (Å²) in [5, 5.41) is 3.39. The van der Waals surface area contributed by atoms with Gasteiger partial charge in [0.25, 0.3) is 5.91 Å². The zero-order chi connectivity index (χ0) is 18.1. The van der Waals surface area contributed by atoms with Gasteiger partial charge in [-0.2, -0.15) is 0 Å². The molecule has 0 aliphatic carbocycles. The fourth-order valence-corrected chi connectivity index (χ4v) is 3.38. The Hall–Kier alpha value is -3.05. The number of anilines is 1. The van der Waals surface area contributed by atoms with Gasteiger partial charge in [-0.3, -0.25) is 9.59 Å². The fraction of sp³-hybridized carbons (Fsp3) is 0.100. The highest BCUT2D eigenvalue weighted by Gasteiger charge is 2.34. The normalized spacial score (nSPS) is 16.6. The van der Waals surface area contributed by atoms with Crippen LogP contribution in [0.2, 0.25) is 5.02 Å². The summed E-state index contributed by atoms with van der Waals surface area (Å²) in [5.41, 5.74) is 2.28. The third-order valence-electron chi connectivity index (χ3n) is 4.32. The first-order valence-corrected chi connectivity index (χ1v) is 8.50. The Morgan fingerprint density at radius 1 is 1.12 bits per heavy atom. The van der Waals surface area contributed by atoms with E-state index in [1.165, 1.54) is 11.2 Å². The van der Waals surface area contributed by atoms with Gasteiger partial charge in [-0.25, -0.2) is 0 Å². The number of rotatable bonds is 2. The van der Waals surface area contributed by atoms with E-state index < -0.39 is 6.04 Å². The van der Waals surface area contributed by atoms with Gasteiger partial charge >= 0.3 is 0 Å². The molecule has 0 saturated carbocycles. The number of nitrogens with zero attached hydrogens (tertiary/aromatic N) is 1. The third-order valence-corrected chi connectivity index (χ3v) is 4.55. The Morgan fingerprint density at radius 3 is 2.65 bits per heavy atom. The van der Waals surface area contributed by atoms with Gasteiger partial charge in [-0.15, -0.1) is 0 Å². The SMILES string of the molecule is O=C1CN(C(=O)c2ccco2)[C@@H](c2ccccc2)c2cc(Cl)ccc2N1. The Kier molecular flexibility index (Phi) is 4.22. The predicted molar refractivity (Wildman–Crippen MR) is 98.1 cm³/mol. The monoisotopic (exact) mass is 366 g/mol. The molecule has 3 aromatic rings. The van der Waals surface area contributed by atoms with Crippen LogP contribution in [0.25, 0.3) is 0 Å². The number of furan rings is 1. The van der Waals surface area contributed by atoms with E-state index >= 15 is 0 Å². The van der Waals surface area contributed by atoms with Crippen molar-refractivity contribution in [3.8, 4) is 0 Å². The predicted octanol–water partition coefficient (Wildman–Crippen LogP) is 4.12. The molecule has 1 atom stereocenters. The van der Waals surface area contributed by atoms with Crippen molar-refractivity contribution in [1.29, 1.82) is 0 Å². The molecule has 0 radical (unpaired) electrons. The smallest absolute Gasteiger partial charge is 0.290 e. The van der Waals surface area contributed by atoms with E-state index in [2.05, 4.69) is 5.32 Å². The Morgan fingerprint density at radius 2 is 1.92 bits per heavy atom.